The van der Waals surface area contributed by atoms with Crippen LogP contribution in [0.5, 0.6) is 0 Å². The molecule has 1 nitrogen and oxygen atoms in total. The quantitative estimate of drug-likeness (QED) is 0.689. The fourth-order valence-electron chi connectivity index (χ4n) is 1.60. The van der Waals surface area contributed by atoms with Gasteiger partial charge in [-0.15, -0.1) is 0 Å². The molecule has 1 aromatic rings. The first kappa shape index (κ1) is 8.27. The molecular formula is C12H13N. The predicted octanol–water partition coefficient (Wildman–Crippen LogP) is 2.36. The van der Waals surface area contributed by atoms with E-state index in [0.29, 0.717) is 0 Å². The van der Waals surface area contributed by atoms with Gasteiger partial charge in [-0.25, -0.2) is 0 Å². The van der Waals surface area contributed by atoms with Gasteiger partial charge in [0.2, 0.25) is 0 Å². The molecule has 0 aromatic heterocycles. The van der Waals surface area contributed by atoms with E-state index < -0.39 is 0 Å². The van der Waals surface area contributed by atoms with Gasteiger partial charge in [0.05, 0.1) is 5.54 Å². The van der Waals surface area contributed by atoms with Crippen molar-refractivity contribution in [2.24, 2.45) is 5.73 Å². The van der Waals surface area contributed by atoms with Crippen LogP contribution < -0.4 is 5.73 Å². The summed E-state index contributed by atoms with van der Waals surface area (Å²) in [5, 5.41) is 0. The molecule has 0 saturated heterocycles. The molecule has 0 bridgehead atoms. The zero-order chi connectivity index (χ0) is 9.15. The number of hydrogen-bond acceptors (Lipinski definition) is 1. The van der Waals surface area contributed by atoms with Crippen LogP contribution in [0.4, 0.5) is 0 Å². The van der Waals surface area contributed by atoms with Gasteiger partial charge in [-0.1, -0.05) is 54.6 Å². The van der Waals surface area contributed by atoms with Gasteiger partial charge in [0.1, 0.15) is 0 Å². The van der Waals surface area contributed by atoms with Crippen molar-refractivity contribution in [3.63, 3.8) is 0 Å². The van der Waals surface area contributed by atoms with Crippen LogP contribution >= 0.6 is 0 Å². The fraction of sp³-hybridized carbons (Fsp3) is 0.167. The van der Waals surface area contributed by atoms with Crippen LogP contribution in [0, 0.1) is 0 Å². The van der Waals surface area contributed by atoms with E-state index in [1.165, 1.54) is 5.56 Å². The second-order valence-corrected chi connectivity index (χ2v) is 3.40. The third-order valence-electron chi connectivity index (χ3n) is 2.41. The lowest BCUT2D eigenvalue weighted by Crippen LogP contribution is -2.34. The summed E-state index contributed by atoms with van der Waals surface area (Å²) in [5.74, 6) is 0. The molecular weight excluding hydrogens is 158 g/mol. The molecule has 0 spiro atoms. The van der Waals surface area contributed by atoms with E-state index >= 15 is 0 Å². The SMILES string of the molecule is N[C@]1(c2ccccc2)C=CC=CC1. The maximum absolute atomic E-state index is 6.24. The maximum Gasteiger partial charge on any atom is 0.0633 e. The van der Waals surface area contributed by atoms with Crippen molar-refractivity contribution in [3.05, 3.63) is 60.2 Å². The van der Waals surface area contributed by atoms with Crippen molar-refractivity contribution in [3.8, 4) is 0 Å². The molecule has 66 valence electrons. The first-order valence-corrected chi connectivity index (χ1v) is 4.50. The smallest absolute Gasteiger partial charge is 0.0633 e. The monoisotopic (exact) mass is 171 g/mol. The minimum absolute atomic E-state index is 0.296. The highest BCUT2D eigenvalue weighted by Crippen LogP contribution is 2.26. The van der Waals surface area contributed by atoms with E-state index in [1.54, 1.807) is 0 Å². The van der Waals surface area contributed by atoms with Crippen molar-refractivity contribution < 1.29 is 0 Å². The summed E-state index contributed by atoms with van der Waals surface area (Å²) in [5.41, 5.74) is 7.12. The van der Waals surface area contributed by atoms with E-state index in [4.69, 9.17) is 5.73 Å². The molecule has 13 heavy (non-hydrogen) atoms. The topological polar surface area (TPSA) is 26.0 Å². The van der Waals surface area contributed by atoms with Gasteiger partial charge in [-0.2, -0.15) is 0 Å². The molecule has 2 rings (SSSR count). The summed E-state index contributed by atoms with van der Waals surface area (Å²) in [6.45, 7) is 0. The average Bonchev–Trinajstić information content (AvgIpc) is 2.20. The Bertz CT molecular complexity index is 337. The minimum atomic E-state index is -0.296. The predicted molar refractivity (Wildman–Crippen MR) is 55.2 cm³/mol. The summed E-state index contributed by atoms with van der Waals surface area (Å²) >= 11 is 0. The van der Waals surface area contributed by atoms with Crippen LogP contribution in [0.25, 0.3) is 0 Å². The first-order valence-electron chi connectivity index (χ1n) is 4.50. The standard InChI is InChI=1S/C12H13N/c13-12(9-5-2-6-10-12)11-7-3-1-4-8-11/h1-9H,10,13H2/t12-/m1/s1. The first-order chi connectivity index (χ1) is 6.31. The van der Waals surface area contributed by atoms with Gasteiger partial charge in [0.25, 0.3) is 0 Å². The van der Waals surface area contributed by atoms with E-state index in [1.807, 2.05) is 30.4 Å². The maximum atomic E-state index is 6.24. The number of hydrogen-bond donors (Lipinski definition) is 1. The second kappa shape index (κ2) is 3.19. The average molecular weight is 171 g/mol. The Morgan fingerprint density at radius 2 is 1.85 bits per heavy atom. The Balaban J connectivity index is 2.35. The molecule has 1 heteroatoms. The van der Waals surface area contributed by atoms with Gasteiger partial charge in [-0.05, 0) is 12.0 Å². The van der Waals surface area contributed by atoms with Crippen LogP contribution in [0.1, 0.15) is 12.0 Å². The van der Waals surface area contributed by atoms with Gasteiger partial charge in [0.15, 0.2) is 0 Å². The van der Waals surface area contributed by atoms with Crippen LogP contribution in [0.15, 0.2) is 54.6 Å². The Hall–Kier alpha value is -1.34. The molecule has 0 fully saturated rings. The molecule has 2 N–H and O–H groups in total. The van der Waals surface area contributed by atoms with Crippen LogP contribution in [-0.2, 0) is 5.54 Å². The Labute approximate surface area is 78.6 Å². The highest BCUT2D eigenvalue weighted by Gasteiger charge is 2.23. The lowest BCUT2D eigenvalue weighted by atomic mass is 9.85. The highest BCUT2D eigenvalue weighted by molar-refractivity contribution is 5.33. The molecule has 1 atom stereocenters. The van der Waals surface area contributed by atoms with Gasteiger partial charge in [-0.3, -0.25) is 0 Å². The lowest BCUT2D eigenvalue weighted by molar-refractivity contribution is 0.565. The molecule has 0 aliphatic heterocycles. The third kappa shape index (κ3) is 1.56. The van der Waals surface area contributed by atoms with Crippen molar-refractivity contribution in [1.82, 2.24) is 0 Å². The van der Waals surface area contributed by atoms with E-state index in [0.717, 1.165) is 6.42 Å². The largest absolute Gasteiger partial charge is 0.318 e. The zero-order valence-electron chi connectivity index (χ0n) is 7.48. The fourth-order valence-corrected chi connectivity index (χ4v) is 1.60. The van der Waals surface area contributed by atoms with Crippen molar-refractivity contribution in [1.29, 1.82) is 0 Å². The van der Waals surface area contributed by atoms with Crippen molar-refractivity contribution in [2.75, 3.05) is 0 Å². The van der Waals surface area contributed by atoms with E-state index in [9.17, 15) is 0 Å². The minimum Gasteiger partial charge on any atom is -0.318 e. The summed E-state index contributed by atoms with van der Waals surface area (Å²) in [7, 11) is 0. The van der Waals surface area contributed by atoms with Gasteiger partial charge in [0, 0.05) is 0 Å². The lowest BCUT2D eigenvalue weighted by Gasteiger charge is -2.26. The number of allylic oxidation sites excluding steroid dienone is 2. The summed E-state index contributed by atoms with van der Waals surface area (Å²) in [4.78, 5) is 0. The Morgan fingerprint density at radius 3 is 2.46 bits per heavy atom. The van der Waals surface area contributed by atoms with E-state index in [-0.39, 0.29) is 5.54 Å². The Morgan fingerprint density at radius 1 is 1.08 bits per heavy atom. The van der Waals surface area contributed by atoms with Crippen LogP contribution in [0.2, 0.25) is 0 Å². The Kier molecular flexibility index (Phi) is 2.03. The zero-order valence-corrected chi connectivity index (χ0v) is 7.48. The van der Waals surface area contributed by atoms with E-state index in [2.05, 4.69) is 24.3 Å². The number of benzene rings is 1. The summed E-state index contributed by atoms with van der Waals surface area (Å²) < 4.78 is 0. The second-order valence-electron chi connectivity index (χ2n) is 3.40. The molecule has 1 aromatic carbocycles. The van der Waals surface area contributed by atoms with Crippen molar-refractivity contribution >= 4 is 0 Å². The normalized spacial score (nSPS) is 26.2. The highest BCUT2D eigenvalue weighted by atomic mass is 14.7. The molecule has 0 saturated carbocycles. The van der Waals surface area contributed by atoms with Crippen molar-refractivity contribution in [2.45, 2.75) is 12.0 Å². The molecule has 0 heterocycles. The molecule has 0 unspecified atom stereocenters. The molecule has 0 amide bonds. The summed E-state index contributed by atoms with van der Waals surface area (Å²) in [6.07, 6.45) is 9.09. The molecule has 0 radical (unpaired) electrons. The number of nitrogens with two attached hydrogens (primary N) is 1. The van der Waals surface area contributed by atoms with Crippen LogP contribution in [-0.4, -0.2) is 0 Å². The summed E-state index contributed by atoms with van der Waals surface area (Å²) in [6, 6.07) is 10.2. The van der Waals surface area contributed by atoms with Gasteiger partial charge >= 0.3 is 0 Å². The molecule has 1 aliphatic rings. The van der Waals surface area contributed by atoms with Crippen LogP contribution in [0.3, 0.4) is 0 Å². The number of rotatable bonds is 1. The third-order valence-corrected chi connectivity index (χ3v) is 2.41. The molecule has 1 aliphatic carbocycles. The van der Waals surface area contributed by atoms with Gasteiger partial charge < -0.3 is 5.73 Å².